The number of nitrogens with zero attached hydrogens (tertiary/aromatic N) is 7. The Morgan fingerprint density at radius 1 is 1.14 bits per heavy atom. The van der Waals surface area contributed by atoms with Crippen LogP contribution >= 0.6 is 0 Å². The third-order valence-electron chi connectivity index (χ3n) is 2.87. The summed E-state index contributed by atoms with van der Waals surface area (Å²) in [7, 11) is 4.01. The van der Waals surface area contributed by atoms with Crippen LogP contribution in [0.2, 0.25) is 0 Å². The van der Waals surface area contributed by atoms with E-state index in [1.807, 2.05) is 43.3 Å². The van der Waals surface area contributed by atoms with Gasteiger partial charge in [-0.05, 0) is 40.3 Å². The molecule has 0 atom stereocenters. The summed E-state index contributed by atoms with van der Waals surface area (Å²) in [4.78, 5) is 2.05. The predicted molar refractivity (Wildman–Crippen MR) is 80.6 cm³/mol. The van der Waals surface area contributed by atoms with Gasteiger partial charge in [0.15, 0.2) is 11.5 Å². The molecule has 0 fully saturated rings. The molecule has 0 bridgehead atoms. The number of benzene rings is 1. The fourth-order valence-electron chi connectivity index (χ4n) is 1.74. The van der Waals surface area contributed by atoms with E-state index in [4.69, 9.17) is 0 Å². The van der Waals surface area contributed by atoms with Crippen molar-refractivity contribution in [2.75, 3.05) is 24.4 Å². The van der Waals surface area contributed by atoms with E-state index < -0.39 is 0 Å². The first-order valence-electron chi connectivity index (χ1n) is 6.34. The minimum atomic E-state index is 0.566. The lowest BCUT2D eigenvalue weighted by molar-refractivity contribution is 0.735. The van der Waals surface area contributed by atoms with Crippen LogP contribution in [0.3, 0.4) is 0 Å². The number of rotatable bonds is 4. The second-order valence-electron chi connectivity index (χ2n) is 4.60. The number of fused-ring (bicyclic) bond motifs is 1. The Labute approximate surface area is 121 Å². The second kappa shape index (κ2) is 5.53. The lowest BCUT2D eigenvalue weighted by Gasteiger charge is -2.11. The van der Waals surface area contributed by atoms with Gasteiger partial charge in [-0.2, -0.15) is 5.10 Å². The van der Waals surface area contributed by atoms with Crippen LogP contribution in [0.25, 0.3) is 5.65 Å². The highest BCUT2D eigenvalue weighted by atomic mass is 15.6. The average Bonchev–Trinajstić information content (AvgIpc) is 2.95. The van der Waals surface area contributed by atoms with Crippen LogP contribution < -0.4 is 10.3 Å². The van der Waals surface area contributed by atoms with Gasteiger partial charge in [0, 0.05) is 19.8 Å². The van der Waals surface area contributed by atoms with Crippen molar-refractivity contribution in [3.05, 3.63) is 42.0 Å². The maximum atomic E-state index is 4.15. The van der Waals surface area contributed by atoms with Gasteiger partial charge in [0.2, 0.25) is 0 Å². The molecular formula is C13H14N8. The minimum Gasteiger partial charge on any atom is -0.378 e. The van der Waals surface area contributed by atoms with Crippen molar-refractivity contribution in [3.63, 3.8) is 0 Å². The number of anilines is 2. The Kier molecular flexibility index (Phi) is 3.42. The number of nitrogens with one attached hydrogen (secondary N) is 1. The van der Waals surface area contributed by atoms with Gasteiger partial charge in [-0.3, -0.25) is 5.43 Å². The maximum Gasteiger partial charge on any atom is 0.200 e. The van der Waals surface area contributed by atoms with Crippen molar-refractivity contribution in [1.29, 1.82) is 0 Å². The topological polar surface area (TPSA) is 83.6 Å². The Morgan fingerprint density at radius 2 is 1.95 bits per heavy atom. The highest BCUT2D eigenvalue weighted by Gasteiger charge is 1.99. The molecular weight excluding hydrogens is 268 g/mol. The summed E-state index contributed by atoms with van der Waals surface area (Å²) in [5.41, 5.74) is 5.57. The summed E-state index contributed by atoms with van der Waals surface area (Å²) in [5.74, 6) is 0.566. The molecule has 106 valence electrons. The Balaban J connectivity index is 1.68. The molecule has 8 nitrogen and oxygen atoms in total. The van der Waals surface area contributed by atoms with Crippen molar-refractivity contribution >= 4 is 23.4 Å². The summed E-state index contributed by atoms with van der Waals surface area (Å²) < 4.78 is 1.34. The van der Waals surface area contributed by atoms with Crippen molar-refractivity contribution in [1.82, 2.24) is 25.3 Å². The van der Waals surface area contributed by atoms with Crippen molar-refractivity contribution in [3.8, 4) is 0 Å². The first kappa shape index (κ1) is 13.0. The third kappa shape index (κ3) is 2.94. The van der Waals surface area contributed by atoms with E-state index >= 15 is 0 Å². The highest BCUT2D eigenvalue weighted by Crippen LogP contribution is 2.11. The van der Waals surface area contributed by atoms with E-state index in [9.17, 15) is 0 Å². The molecule has 0 saturated heterocycles. The number of aromatic nitrogens is 5. The van der Waals surface area contributed by atoms with Gasteiger partial charge < -0.3 is 4.90 Å². The molecule has 2 heterocycles. The lowest BCUT2D eigenvalue weighted by atomic mass is 10.2. The SMILES string of the molecule is CN(C)c1ccc(/C=N/Nc2ccc3nnnn3n2)cc1. The Hall–Kier alpha value is -3.03. The van der Waals surface area contributed by atoms with E-state index in [1.54, 1.807) is 18.3 Å². The number of hydrazone groups is 1. The molecule has 0 unspecified atom stereocenters. The molecule has 2 aromatic heterocycles. The Morgan fingerprint density at radius 3 is 2.71 bits per heavy atom. The van der Waals surface area contributed by atoms with Gasteiger partial charge in [0.25, 0.3) is 0 Å². The van der Waals surface area contributed by atoms with Gasteiger partial charge in [0.05, 0.1) is 6.21 Å². The summed E-state index contributed by atoms with van der Waals surface area (Å²) >= 11 is 0. The van der Waals surface area contributed by atoms with E-state index in [1.165, 1.54) is 4.63 Å². The van der Waals surface area contributed by atoms with Gasteiger partial charge >= 0.3 is 0 Å². The smallest absolute Gasteiger partial charge is 0.200 e. The van der Waals surface area contributed by atoms with Crippen LogP contribution in [-0.4, -0.2) is 45.6 Å². The molecule has 0 aliphatic carbocycles. The number of hydrogen-bond acceptors (Lipinski definition) is 7. The van der Waals surface area contributed by atoms with E-state index in [-0.39, 0.29) is 0 Å². The quantitative estimate of drug-likeness (QED) is 0.568. The fraction of sp³-hybridized carbons (Fsp3) is 0.154. The standard InChI is InChI=1S/C13H14N8/c1-20(2)11-5-3-10(4-6-11)9-14-15-12-7-8-13-16-18-19-21(13)17-12/h3-9H,1-2H3,(H,15,17)/b14-9+. The van der Waals surface area contributed by atoms with Crippen LogP contribution in [0.15, 0.2) is 41.5 Å². The third-order valence-corrected chi connectivity index (χ3v) is 2.87. The monoisotopic (exact) mass is 282 g/mol. The van der Waals surface area contributed by atoms with Crippen LogP contribution in [0, 0.1) is 0 Å². The first-order chi connectivity index (χ1) is 10.2. The van der Waals surface area contributed by atoms with Gasteiger partial charge in [-0.1, -0.05) is 12.1 Å². The molecule has 0 spiro atoms. The van der Waals surface area contributed by atoms with Crippen LogP contribution in [0.1, 0.15) is 5.56 Å². The largest absolute Gasteiger partial charge is 0.378 e. The van der Waals surface area contributed by atoms with Gasteiger partial charge in [0.1, 0.15) is 0 Å². The molecule has 0 amide bonds. The van der Waals surface area contributed by atoms with Gasteiger partial charge in [-0.25, -0.2) is 0 Å². The number of tetrazole rings is 1. The molecule has 0 aliphatic rings. The molecule has 3 aromatic rings. The molecule has 3 rings (SSSR count). The summed E-state index contributed by atoms with van der Waals surface area (Å²) in [6.07, 6.45) is 1.73. The van der Waals surface area contributed by atoms with Crippen molar-refractivity contribution in [2.45, 2.75) is 0 Å². The molecule has 8 heteroatoms. The van der Waals surface area contributed by atoms with E-state index in [2.05, 4.69) is 31.2 Å². The summed E-state index contributed by atoms with van der Waals surface area (Å²) in [6.45, 7) is 0. The average molecular weight is 282 g/mol. The fourth-order valence-corrected chi connectivity index (χ4v) is 1.74. The number of hydrogen-bond donors (Lipinski definition) is 1. The van der Waals surface area contributed by atoms with E-state index in [0.29, 0.717) is 11.5 Å². The maximum absolute atomic E-state index is 4.15. The minimum absolute atomic E-state index is 0.566. The summed E-state index contributed by atoms with van der Waals surface area (Å²) in [5, 5.41) is 19.3. The zero-order valence-corrected chi connectivity index (χ0v) is 11.7. The molecule has 0 saturated carbocycles. The van der Waals surface area contributed by atoms with Crippen LogP contribution in [-0.2, 0) is 0 Å². The normalized spacial score (nSPS) is 11.1. The van der Waals surface area contributed by atoms with Crippen molar-refractivity contribution in [2.24, 2.45) is 5.10 Å². The molecule has 0 radical (unpaired) electrons. The predicted octanol–water partition coefficient (Wildman–Crippen LogP) is 1.03. The van der Waals surface area contributed by atoms with E-state index in [0.717, 1.165) is 11.3 Å². The Bertz CT molecular complexity index is 759. The molecule has 21 heavy (non-hydrogen) atoms. The zero-order chi connectivity index (χ0) is 14.7. The van der Waals surface area contributed by atoms with Crippen LogP contribution in [0.4, 0.5) is 11.5 Å². The highest BCUT2D eigenvalue weighted by molar-refractivity contribution is 5.80. The lowest BCUT2D eigenvalue weighted by Crippen LogP contribution is -2.08. The first-order valence-corrected chi connectivity index (χ1v) is 6.34. The van der Waals surface area contributed by atoms with Gasteiger partial charge in [-0.15, -0.1) is 14.8 Å². The molecule has 1 aromatic carbocycles. The molecule has 0 aliphatic heterocycles. The summed E-state index contributed by atoms with van der Waals surface area (Å²) in [6, 6.07) is 11.6. The van der Waals surface area contributed by atoms with Crippen molar-refractivity contribution < 1.29 is 0 Å². The van der Waals surface area contributed by atoms with Crippen LogP contribution in [0.5, 0.6) is 0 Å². The zero-order valence-electron chi connectivity index (χ0n) is 11.7. The second-order valence-corrected chi connectivity index (χ2v) is 4.60. The molecule has 1 N–H and O–H groups in total.